The predicted octanol–water partition coefficient (Wildman–Crippen LogP) is 3.29. The molecular formula is C17H13BrN2O3S. The maximum absolute atomic E-state index is 12.1. The predicted molar refractivity (Wildman–Crippen MR) is 96.1 cm³/mol. The summed E-state index contributed by atoms with van der Waals surface area (Å²) in [7, 11) is 0. The van der Waals surface area contributed by atoms with E-state index >= 15 is 0 Å². The zero-order valence-corrected chi connectivity index (χ0v) is 14.9. The number of benzene rings is 1. The average Bonchev–Trinajstić information content (AvgIpc) is 2.60. The lowest BCUT2D eigenvalue weighted by Gasteiger charge is -2.06. The van der Waals surface area contributed by atoms with Crippen LogP contribution in [-0.4, -0.2) is 21.1 Å². The fourth-order valence-electron chi connectivity index (χ4n) is 2.06. The zero-order chi connectivity index (χ0) is 16.9. The van der Waals surface area contributed by atoms with Crippen LogP contribution in [0.15, 0.2) is 68.9 Å². The molecule has 122 valence electrons. The van der Waals surface area contributed by atoms with E-state index < -0.39 is 0 Å². The lowest BCUT2D eigenvalue weighted by Crippen LogP contribution is -2.17. The average molecular weight is 405 g/mol. The number of nitrogens with zero attached hydrogens (tertiary/aromatic N) is 2. The molecule has 0 N–H and O–H groups in total. The summed E-state index contributed by atoms with van der Waals surface area (Å²) in [5, 5.41) is 0. The number of pyridine rings is 1. The topological polar surface area (TPSA) is 60.7 Å². The van der Waals surface area contributed by atoms with Gasteiger partial charge in [0, 0.05) is 21.6 Å². The van der Waals surface area contributed by atoms with E-state index in [-0.39, 0.29) is 23.9 Å². The van der Waals surface area contributed by atoms with Crippen molar-refractivity contribution in [1.29, 1.82) is 0 Å². The molecule has 1 aromatic carbocycles. The molecule has 0 radical (unpaired) electrons. The fraction of sp³-hybridized carbons (Fsp3) is 0.118. The monoisotopic (exact) mass is 404 g/mol. The number of halogens is 1. The van der Waals surface area contributed by atoms with E-state index in [4.69, 9.17) is 4.74 Å². The molecule has 0 aliphatic carbocycles. The molecule has 2 heterocycles. The van der Waals surface area contributed by atoms with Gasteiger partial charge in [-0.3, -0.25) is 14.0 Å². The highest BCUT2D eigenvalue weighted by Crippen LogP contribution is 2.17. The summed E-state index contributed by atoms with van der Waals surface area (Å²) in [4.78, 5) is 29.2. The summed E-state index contributed by atoms with van der Waals surface area (Å²) < 4.78 is 7.42. The van der Waals surface area contributed by atoms with E-state index in [1.165, 1.54) is 22.2 Å². The van der Waals surface area contributed by atoms with Crippen molar-refractivity contribution in [3.63, 3.8) is 0 Å². The van der Waals surface area contributed by atoms with Crippen LogP contribution in [0.1, 0.15) is 5.69 Å². The first-order chi connectivity index (χ1) is 11.6. The summed E-state index contributed by atoms with van der Waals surface area (Å²) in [6.45, 7) is -0.0179. The van der Waals surface area contributed by atoms with E-state index in [9.17, 15) is 9.59 Å². The highest BCUT2D eigenvalue weighted by molar-refractivity contribution is 9.10. The first kappa shape index (κ1) is 16.7. The van der Waals surface area contributed by atoms with E-state index in [1.54, 1.807) is 18.3 Å². The second kappa shape index (κ2) is 7.63. The smallest absolute Gasteiger partial charge is 0.316 e. The van der Waals surface area contributed by atoms with Crippen molar-refractivity contribution in [2.45, 2.75) is 11.5 Å². The SMILES string of the molecule is O=C(CSc1ccccc1)OCc1cc(=O)n2cc(Br)ccc2n1. The van der Waals surface area contributed by atoms with E-state index in [0.717, 1.165) is 9.37 Å². The fourth-order valence-corrected chi connectivity index (χ4v) is 3.11. The second-order valence-electron chi connectivity index (χ2n) is 4.92. The number of aromatic nitrogens is 2. The molecule has 3 aromatic rings. The van der Waals surface area contributed by atoms with Crippen LogP contribution in [-0.2, 0) is 16.1 Å². The maximum Gasteiger partial charge on any atom is 0.316 e. The molecule has 0 bridgehead atoms. The first-order valence-corrected chi connectivity index (χ1v) is 8.91. The Hall–Kier alpha value is -2.12. The maximum atomic E-state index is 12.1. The van der Waals surface area contributed by atoms with Gasteiger partial charge in [-0.1, -0.05) is 18.2 Å². The largest absolute Gasteiger partial charge is 0.459 e. The minimum absolute atomic E-state index is 0.0179. The Kier molecular flexibility index (Phi) is 5.32. The molecule has 7 heteroatoms. The van der Waals surface area contributed by atoms with E-state index in [0.29, 0.717) is 11.3 Å². The lowest BCUT2D eigenvalue weighted by atomic mass is 10.4. The third kappa shape index (κ3) is 4.24. The third-order valence-electron chi connectivity index (χ3n) is 3.16. The van der Waals surface area contributed by atoms with Crippen molar-refractivity contribution < 1.29 is 9.53 Å². The highest BCUT2D eigenvalue weighted by Gasteiger charge is 2.08. The number of fused-ring (bicyclic) bond motifs is 1. The van der Waals surface area contributed by atoms with Gasteiger partial charge in [-0.25, -0.2) is 4.98 Å². The van der Waals surface area contributed by atoms with Gasteiger partial charge in [-0.2, -0.15) is 0 Å². The van der Waals surface area contributed by atoms with Crippen LogP contribution in [0.5, 0.6) is 0 Å². The van der Waals surface area contributed by atoms with Crippen molar-refractivity contribution in [3.8, 4) is 0 Å². The number of carbonyl (C=O) groups excluding carboxylic acids is 1. The number of hydrogen-bond acceptors (Lipinski definition) is 5. The number of rotatable bonds is 5. The van der Waals surface area contributed by atoms with Gasteiger partial charge in [0.2, 0.25) is 0 Å². The molecule has 0 fully saturated rings. The Balaban J connectivity index is 1.62. The normalized spacial score (nSPS) is 10.7. The van der Waals surface area contributed by atoms with E-state index in [2.05, 4.69) is 20.9 Å². The van der Waals surface area contributed by atoms with Crippen LogP contribution in [0.25, 0.3) is 5.65 Å². The molecule has 0 amide bonds. The summed E-state index contributed by atoms with van der Waals surface area (Å²) in [6, 6.07) is 14.5. The van der Waals surface area contributed by atoms with Gasteiger partial charge in [-0.05, 0) is 40.2 Å². The molecule has 2 aromatic heterocycles. The Morgan fingerprint density at radius 1 is 1.21 bits per heavy atom. The van der Waals surface area contributed by atoms with Crippen LogP contribution in [0.2, 0.25) is 0 Å². The number of carbonyl (C=O) groups is 1. The van der Waals surface area contributed by atoms with Crippen LogP contribution >= 0.6 is 27.7 Å². The number of thioether (sulfide) groups is 1. The second-order valence-corrected chi connectivity index (χ2v) is 6.89. The molecule has 3 rings (SSSR count). The van der Waals surface area contributed by atoms with Crippen LogP contribution < -0.4 is 5.56 Å². The molecule has 0 spiro atoms. The molecule has 24 heavy (non-hydrogen) atoms. The summed E-state index contributed by atoms with van der Waals surface area (Å²) >= 11 is 4.72. The van der Waals surface area contributed by atoms with Gasteiger partial charge < -0.3 is 4.74 Å². The molecule has 0 unspecified atom stereocenters. The number of ether oxygens (including phenoxy) is 1. The zero-order valence-electron chi connectivity index (χ0n) is 12.5. The van der Waals surface area contributed by atoms with Gasteiger partial charge in [0.1, 0.15) is 12.3 Å². The molecule has 0 saturated heterocycles. The van der Waals surface area contributed by atoms with Crippen molar-refractivity contribution in [1.82, 2.24) is 9.38 Å². The summed E-state index contributed by atoms with van der Waals surface area (Å²) in [5.41, 5.74) is 0.724. The van der Waals surface area contributed by atoms with Gasteiger partial charge in [0.25, 0.3) is 5.56 Å². The molecule has 5 nitrogen and oxygen atoms in total. The van der Waals surface area contributed by atoms with Crippen LogP contribution in [0.4, 0.5) is 0 Å². The van der Waals surface area contributed by atoms with Crippen LogP contribution in [0, 0.1) is 0 Å². The quantitative estimate of drug-likeness (QED) is 0.482. The standard InChI is InChI=1S/C17H13BrN2O3S/c18-12-6-7-15-19-13(8-16(21)20(15)9-12)10-23-17(22)11-24-14-4-2-1-3-5-14/h1-9H,10-11H2. The molecule has 0 aliphatic rings. The summed E-state index contributed by atoms with van der Waals surface area (Å²) in [5.74, 6) is -0.134. The lowest BCUT2D eigenvalue weighted by molar-refractivity contribution is -0.141. The van der Waals surface area contributed by atoms with Gasteiger partial charge in [0.15, 0.2) is 0 Å². The highest BCUT2D eigenvalue weighted by atomic mass is 79.9. The number of esters is 1. The van der Waals surface area contributed by atoms with Crippen LogP contribution in [0.3, 0.4) is 0 Å². The van der Waals surface area contributed by atoms with Crippen molar-refractivity contribution in [2.24, 2.45) is 0 Å². The summed E-state index contributed by atoms with van der Waals surface area (Å²) in [6.07, 6.45) is 1.65. The van der Waals surface area contributed by atoms with Gasteiger partial charge >= 0.3 is 5.97 Å². The van der Waals surface area contributed by atoms with Crippen molar-refractivity contribution >= 4 is 39.3 Å². The minimum atomic E-state index is -0.346. The van der Waals surface area contributed by atoms with Crippen molar-refractivity contribution in [3.05, 3.63) is 75.2 Å². The first-order valence-electron chi connectivity index (χ1n) is 7.13. The minimum Gasteiger partial charge on any atom is -0.459 e. The Bertz CT molecular complexity index is 928. The molecule has 0 atom stereocenters. The molecular weight excluding hydrogens is 392 g/mol. The Labute approximate surface area is 150 Å². The third-order valence-corrected chi connectivity index (χ3v) is 4.61. The number of hydrogen-bond donors (Lipinski definition) is 0. The Morgan fingerprint density at radius 2 is 2.00 bits per heavy atom. The molecule has 0 saturated carbocycles. The van der Waals surface area contributed by atoms with Gasteiger partial charge in [-0.15, -0.1) is 11.8 Å². The van der Waals surface area contributed by atoms with Crippen molar-refractivity contribution in [2.75, 3.05) is 5.75 Å². The van der Waals surface area contributed by atoms with Gasteiger partial charge in [0.05, 0.1) is 11.4 Å². The molecule has 0 aliphatic heterocycles. The Morgan fingerprint density at radius 3 is 2.79 bits per heavy atom. The van der Waals surface area contributed by atoms with E-state index in [1.807, 2.05) is 30.3 Å².